The summed E-state index contributed by atoms with van der Waals surface area (Å²) in [4.78, 5) is 16.8. The maximum Gasteiger partial charge on any atom is 0.255 e. The van der Waals surface area contributed by atoms with E-state index < -0.39 is 0 Å². The van der Waals surface area contributed by atoms with Gasteiger partial charge in [-0.05, 0) is 43.3 Å². The van der Waals surface area contributed by atoms with Gasteiger partial charge in [-0.25, -0.2) is 0 Å². The molecule has 3 aromatic rings. The zero-order chi connectivity index (χ0) is 16.4. The number of aryl methyl sites for hydroxylation is 1. The van der Waals surface area contributed by atoms with E-state index in [4.69, 9.17) is 4.74 Å². The molecule has 116 valence electrons. The normalized spacial score (nSPS) is 10.5. The van der Waals surface area contributed by atoms with Gasteiger partial charge in [0.15, 0.2) is 11.5 Å². The molecule has 0 atom stereocenters. The number of hydrogen-bond donors (Lipinski definition) is 2. The van der Waals surface area contributed by atoms with Gasteiger partial charge in [-0.1, -0.05) is 6.07 Å². The van der Waals surface area contributed by atoms with E-state index in [0.717, 1.165) is 16.6 Å². The highest BCUT2D eigenvalue weighted by Gasteiger charge is 2.09. The smallest absolute Gasteiger partial charge is 0.255 e. The van der Waals surface area contributed by atoms with Crippen molar-refractivity contribution < 1.29 is 14.6 Å². The van der Waals surface area contributed by atoms with Crippen LogP contribution in [0.15, 0.2) is 48.5 Å². The van der Waals surface area contributed by atoms with Crippen LogP contribution in [0.2, 0.25) is 0 Å². The van der Waals surface area contributed by atoms with Gasteiger partial charge in [0.1, 0.15) is 0 Å². The molecule has 0 spiro atoms. The molecule has 5 heteroatoms. The van der Waals surface area contributed by atoms with Crippen molar-refractivity contribution >= 4 is 22.5 Å². The molecule has 0 saturated heterocycles. The van der Waals surface area contributed by atoms with E-state index in [9.17, 15) is 9.90 Å². The van der Waals surface area contributed by atoms with Gasteiger partial charge in [-0.15, -0.1) is 0 Å². The van der Waals surface area contributed by atoms with Crippen LogP contribution in [-0.2, 0) is 0 Å². The molecule has 0 aliphatic heterocycles. The van der Waals surface area contributed by atoms with Crippen molar-refractivity contribution in [3.63, 3.8) is 0 Å². The van der Waals surface area contributed by atoms with Gasteiger partial charge in [0.05, 0.1) is 12.6 Å². The number of aromatic nitrogens is 1. The Hall–Kier alpha value is -3.08. The summed E-state index contributed by atoms with van der Waals surface area (Å²) >= 11 is 0. The molecule has 1 aromatic heterocycles. The van der Waals surface area contributed by atoms with Gasteiger partial charge in [0.25, 0.3) is 5.91 Å². The number of hydrogen-bond acceptors (Lipinski definition) is 4. The van der Waals surface area contributed by atoms with Crippen molar-refractivity contribution in [2.24, 2.45) is 0 Å². The predicted octanol–water partition coefficient (Wildman–Crippen LogP) is 3.51. The van der Waals surface area contributed by atoms with Crippen molar-refractivity contribution in [3.8, 4) is 11.5 Å². The second kappa shape index (κ2) is 5.96. The number of pyridine rings is 1. The standard InChI is InChI=1S/C18H16N2O3/c1-11-3-4-12-9-13(5-7-15(12)19-11)18(22)20-14-6-8-17(23-2)16(21)10-14/h3-10,21H,1-2H3,(H,20,22). The molecular weight excluding hydrogens is 292 g/mol. The lowest BCUT2D eigenvalue weighted by Gasteiger charge is -2.09. The van der Waals surface area contributed by atoms with E-state index in [1.54, 1.807) is 24.3 Å². The highest BCUT2D eigenvalue weighted by Crippen LogP contribution is 2.28. The first-order valence-corrected chi connectivity index (χ1v) is 7.12. The molecule has 2 N–H and O–H groups in total. The van der Waals surface area contributed by atoms with Gasteiger partial charge in [0.2, 0.25) is 0 Å². The first-order valence-electron chi connectivity index (χ1n) is 7.12. The van der Waals surface area contributed by atoms with Crippen LogP contribution in [-0.4, -0.2) is 23.1 Å². The number of methoxy groups -OCH3 is 1. The Morgan fingerprint density at radius 1 is 1.13 bits per heavy atom. The Morgan fingerprint density at radius 2 is 1.96 bits per heavy atom. The summed E-state index contributed by atoms with van der Waals surface area (Å²) in [5.41, 5.74) is 2.81. The molecule has 0 aliphatic carbocycles. The Kier molecular flexibility index (Phi) is 3.85. The van der Waals surface area contributed by atoms with Crippen LogP contribution in [0.4, 0.5) is 5.69 Å². The summed E-state index contributed by atoms with van der Waals surface area (Å²) in [6, 6.07) is 13.9. The molecule has 23 heavy (non-hydrogen) atoms. The van der Waals surface area contributed by atoms with E-state index in [1.165, 1.54) is 13.2 Å². The molecule has 2 aromatic carbocycles. The number of carbonyl (C=O) groups is 1. The predicted molar refractivity (Wildman–Crippen MR) is 89.1 cm³/mol. The van der Waals surface area contributed by atoms with Crippen molar-refractivity contribution in [3.05, 3.63) is 59.8 Å². The third-order valence-corrected chi connectivity index (χ3v) is 3.53. The SMILES string of the molecule is COc1ccc(NC(=O)c2ccc3nc(C)ccc3c2)cc1O. The Morgan fingerprint density at radius 3 is 2.70 bits per heavy atom. The van der Waals surface area contributed by atoms with Crippen LogP contribution in [0, 0.1) is 6.92 Å². The number of nitrogens with one attached hydrogen (secondary N) is 1. The summed E-state index contributed by atoms with van der Waals surface area (Å²) < 4.78 is 4.98. The van der Waals surface area contributed by atoms with E-state index in [0.29, 0.717) is 17.0 Å². The van der Waals surface area contributed by atoms with Crippen molar-refractivity contribution in [1.29, 1.82) is 0 Å². The lowest BCUT2D eigenvalue weighted by atomic mass is 10.1. The second-order valence-electron chi connectivity index (χ2n) is 5.20. The van der Waals surface area contributed by atoms with Crippen molar-refractivity contribution in [2.75, 3.05) is 12.4 Å². The molecule has 1 heterocycles. The number of phenols is 1. The number of nitrogens with zero attached hydrogens (tertiary/aromatic N) is 1. The van der Waals surface area contributed by atoms with Crippen LogP contribution in [0.1, 0.15) is 16.1 Å². The number of phenolic OH excluding ortho intramolecular Hbond substituents is 1. The van der Waals surface area contributed by atoms with Gasteiger partial charge >= 0.3 is 0 Å². The minimum absolute atomic E-state index is 0.0245. The van der Waals surface area contributed by atoms with Crippen molar-refractivity contribution in [2.45, 2.75) is 6.92 Å². The average molecular weight is 308 g/mol. The highest BCUT2D eigenvalue weighted by atomic mass is 16.5. The largest absolute Gasteiger partial charge is 0.504 e. The monoisotopic (exact) mass is 308 g/mol. The fourth-order valence-electron chi connectivity index (χ4n) is 2.34. The second-order valence-corrected chi connectivity index (χ2v) is 5.20. The minimum Gasteiger partial charge on any atom is -0.504 e. The molecule has 0 bridgehead atoms. The molecule has 0 fully saturated rings. The lowest BCUT2D eigenvalue weighted by molar-refractivity contribution is 0.102. The minimum atomic E-state index is -0.253. The van der Waals surface area contributed by atoms with Crippen LogP contribution in [0.5, 0.6) is 11.5 Å². The fraction of sp³-hybridized carbons (Fsp3) is 0.111. The quantitative estimate of drug-likeness (QED) is 0.776. The molecule has 5 nitrogen and oxygen atoms in total. The summed E-state index contributed by atoms with van der Waals surface area (Å²) in [6.07, 6.45) is 0. The van der Waals surface area contributed by atoms with Gasteiger partial charge in [0, 0.05) is 28.4 Å². The first-order chi connectivity index (χ1) is 11.1. The van der Waals surface area contributed by atoms with Crippen LogP contribution >= 0.6 is 0 Å². The number of amides is 1. The third-order valence-electron chi connectivity index (χ3n) is 3.53. The van der Waals surface area contributed by atoms with E-state index in [-0.39, 0.29) is 11.7 Å². The maximum atomic E-state index is 12.3. The Bertz CT molecular complexity index is 891. The Labute approximate surface area is 133 Å². The summed E-state index contributed by atoms with van der Waals surface area (Å²) in [7, 11) is 1.47. The first kappa shape index (κ1) is 14.8. The molecule has 3 rings (SSSR count). The van der Waals surface area contributed by atoms with Gasteiger partial charge in [-0.3, -0.25) is 9.78 Å². The van der Waals surface area contributed by atoms with E-state index in [2.05, 4.69) is 10.3 Å². The topological polar surface area (TPSA) is 71.5 Å². The molecule has 0 unspecified atom stereocenters. The Balaban J connectivity index is 1.85. The lowest BCUT2D eigenvalue weighted by Crippen LogP contribution is -2.11. The summed E-state index contributed by atoms with van der Waals surface area (Å²) in [6.45, 7) is 1.93. The number of anilines is 1. The number of rotatable bonds is 3. The highest BCUT2D eigenvalue weighted by molar-refractivity contribution is 6.06. The van der Waals surface area contributed by atoms with E-state index in [1.807, 2.05) is 25.1 Å². The number of benzene rings is 2. The van der Waals surface area contributed by atoms with Crippen LogP contribution in [0.3, 0.4) is 0 Å². The third kappa shape index (κ3) is 3.08. The molecule has 0 radical (unpaired) electrons. The average Bonchev–Trinajstić information content (AvgIpc) is 2.54. The molecule has 0 aliphatic rings. The number of aromatic hydroxyl groups is 1. The zero-order valence-corrected chi connectivity index (χ0v) is 12.8. The van der Waals surface area contributed by atoms with Crippen LogP contribution < -0.4 is 10.1 Å². The number of fused-ring (bicyclic) bond motifs is 1. The van der Waals surface area contributed by atoms with Gasteiger partial charge in [-0.2, -0.15) is 0 Å². The summed E-state index contributed by atoms with van der Waals surface area (Å²) in [5, 5.41) is 13.4. The molecule has 0 saturated carbocycles. The summed E-state index contributed by atoms with van der Waals surface area (Å²) in [5.74, 6) is 0.0793. The number of ether oxygens (including phenoxy) is 1. The van der Waals surface area contributed by atoms with Gasteiger partial charge < -0.3 is 15.2 Å². The number of carbonyl (C=O) groups excluding carboxylic acids is 1. The van der Waals surface area contributed by atoms with Crippen LogP contribution in [0.25, 0.3) is 10.9 Å². The van der Waals surface area contributed by atoms with Crippen molar-refractivity contribution in [1.82, 2.24) is 4.98 Å². The van der Waals surface area contributed by atoms with E-state index >= 15 is 0 Å². The zero-order valence-electron chi connectivity index (χ0n) is 12.8. The molecule has 1 amide bonds. The molecular formula is C18H16N2O3. The fourth-order valence-corrected chi connectivity index (χ4v) is 2.34. The maximum absolute atomic E-state index is 12.3.